The van der Waals surface area contributed by atoms with Crippen molar-refractivity contribution < 1.29 is 9.59 Å². The Balaban J connectivity index is 1.88. The number of benzene rings is 1. The third kappa shape index (κ3) is 5.01. The quantitative estimate of drug-likeness (QED) is 0.883. The van der Waals surface area contributed by atoms with Crippen molar-refractivity contribution in [1.82, 2.24) is 15.2 Å². The van der Waals surface area contributed by atoms with Crippen LogP contribution in [0, 0.1) is 0 Å². The molecule has 0 radical (unpaired) electrons. The van der Waals surface area contributed by atoms with Gasteiger partial charge in [-0.15, -0.1) is 0 Å². The van der Waals surface area contributed by atoms with Crippen LogP contribution in [0.3, 0.4) is 0 Å². The number of hydrogen-bond donors (Lipinski definition) is 1. The van der Waals surface area contributed by atoms with Crippen molar-refractivity contribution in [3.63, 3.8) is 0 Å². The highest BCUT2D eigenvalue weighted by Gasteiger charge is 2.13. The van der Waals surface area contributed by atoms with E-state index in [1.165, 1.54) is 11.8 Å². The molecule has 2 aromatic rings. The molecular formula is C17H19N3O2. The van der Waals surface area contributed by atoms with Gasteiger partial charge in [-0.3, -0.25) is 14.6 Å². The lowest BCUT2D eigenvalue weighted by Crippen LogP contribution is -2.39. The van der Waals surface area contributed by atoms with Crippen LogP contribution in [-0.2, 0) is 22.7 Å². The van der Waals surface area contributed by atoms with Crippen molar-refractivity contribution in [2.45, 2.75) is 20.0 Å². The van der Waals surface area contributed by atoms with Gasteiger partial charge in [0.05, 0.1) is 6.54 Å². The first-order valence-electron chi connectivity index (χ1n) is 7.10. The van der Waals surface area contributed by atoms with E-state index in [2.05, 4.69) is 10.3 Å². The predicted octanol–water partition coefficient (Wildman–Crippen LogP) is 1.75. The summed E-state index contributed by atoms with van der Waals surface area (Å²) in [5.41, 5.74) is 1.97. The molecule has 1 aromatic carbocycles. The molecular weight excluding hydrogens is 278 g/mol. The van der Waals surface area contributed by atoms with Crippen LogP contribution < -0.4 is 5.32 Å². The van der Waals surface area contributed by atoms with E-state index in [1.54, 1.807) is 12.4 Å². The summed E-state index contributed by atoms with van der Waals surface area (Å²) in [7, 11) is 0. The second kappa shape index (κ2) is 7.93. The maximum atomic E-state index is 12.0. The standard InChI is InChI=1S/C17H19N3O2/c1-14(21)20(12-16-5-3-2-4-6-16)13-17(22)19-11-15-7-9-18-10-8-15/h2-10H,11-13H2,1H3,(H,19,22). The highest BCUT2D eigenvalue weighted by molar-refractivity contribution is 5.83. The molecule has 0 spiro atoms. The van der Waals surface area contributed by atoms with Crippen molar-refractivity contribution in [3.05, 3.63) is 66.0 Å². The number of aromatic nitrogens is 1. The largest absolute Gasteiger partial charge is 0.350 e. The number of nitrogens with zero attached hydrogens (tertiary/aromatic N) is 2. The van der Waals surface area contributed by atoms with E-state index in [4.69, 9.17) is 0 Å². The molecule has 5 heteroatoms. The van der Waals surface area contributed by atoms with E-state index >= 15 is 0 Å². The van der Waals surface area contributed by atoms with E-state index in [0.717, 1.165) is 11.1 Å². The Labute approximate surface area is 130 Å². The van der Waals surface area contributed by atoms with Crippen molar-refractivity contribution in [1.29, 1.82) is 0 Å². The molecule has 0 fully saturated rings. The summed E-state index contributed by atoms with van der Waals surface area (Å²) in [6, 6.07) is 13.3. The van der Waals surface area contributed by atoms with Gasteiger partial charge in [-0.2, -0.15) is 0 Å². The van der Waals surface area contributed by atoms with E-state index in [0.29, 0.717) is 13.1 Å². The SMILES string of the molecule is CC(=O)N(CC(=O)NCc1ccncc1)Cc1ccccc1. The van der Waals surface area contributed by atoms with Gasteiger partial charge in [0.1, 0.15) is 0 Å². The minimum atomic E-state index is -0.178. The molecule has 1 N–H and O–H groups in total. The molecule has 1 aromatic heterocycles. The Morgan fingerprint density at radius 1 is 1.05 bits per heavy atom. The average Bonchev–Trinajstić information content (AvgIpc) is 2.54. The van der Waals surface area contributed by atoms with Crippen LogP contribution in [0.15, 0.2) is 54.9 Å². The number of carbonyl (C=O) groups is 2. The summed E-state index contributed by atoms with van der Waals surface area (Å²) in [5.74, 6) is -0.300. The van der Waals surface area contributed by atoms with Gasteiger partial charge in [0.15, 0.2) is 0 Å². The lowest BCUT2D eigenvalue weighted by molar-refractivity contribution is -0.135. The van der Waals surface area contributed by atoms with Crippen LogP contribution in [0.2, 0.25) is 0 Å². The summed E-state index contributed by atoms with van der Waals surface area (Å²) in [4.78, 5) is 29.1. The Kier molecular flexibility index (Phi) is 5.65. The van der Waals surface area contributed by atoms with Crippen LogP contribution in [0.5, 0.6) is 0 Å². The molecule has 0 saturated carbocycles. The second-order valence-electron chi connectivity index (χ2n) is 4.99. The predicted molar refractivity (Wildman–Crippen MR) is 83.6 cm³/mol. The first kappa shape index (κ1) is 15.7. The van der Waals surface area contributed by atoms with E-state index in [1.807, 2.05) is 42.5 Å². The third-order valence-corrected chi connectivity index (χ3v) is 3.24. The van der Waals surface area contributed by atoms with Gasteiger partial charge in [0, 0.05) is 32.4 Å². The Bertz CT molecular complexity index is 614. The van der Waals surface area contributed by atoms with Gasteiger partial charge >= 0.3 is 0 Å². The Morgan fingerprint density at radius 3 is 2.36 bits per heavy atom. The minimum absolute atomic E-state index is 0.0509. The van der Waals surface area contributed by atoms with E-state index in [9.17, 15) is 9.59 Å². The molecule has 0 aliphatic carbocycles. The van der Waals surface area contributed by atoms with Crippen LogP contribution in [-0.4, -0.2) is 28.2 Å². The van der Waals surface area contributed by atoms with Gasteiger partial charge in [0.25, 0.3) is 0 Å². The fourth-order valence-corrected chi connectivity index (χ4v) is 2.01. The zero-order chi connectivity index (χ0) is 15.8. The van der Waals surface area contributed by atoms with Gasteiger partial charge in [-0.1, -0.05) is 30.3 Å². The number of pyridine rings is 1. The first-order valence-corrected chi connectivity index (χ1v) is 7.10. The number of carbonyl (C=O) groups excluding carboxylic acids is 2. The fourth-order valence-electron chi connectivity index (χ4n) is 2.01. The lowest BCUT2D eigenvalue weighted by Gasteiger charge is -2.20. The number of hydrogen-bond acceptors (Lipinski definition) is 3. The highest BCUT2D eigenvalue weighted by atomic mass is 16.2. The van der Waals surface area contributed by atoms with Crippen LogP contribution in [0.25, 0.3) is 0 Å². The molecule has 5 nitrogen and oxygen atoms in total. The summed E-state index contributed by atoms with van der Waals surface area (Å²) in [6.07, 6.45) is 3.36. The van der Waals surface area contributed by atoms with Gasteiger partial charge in [-0.25, -0.2) is 0 Å². The van der Waals surface area contributed by atoms with Crippen LogP contribution >= 0.6 is 0 Å². The van der Waals surface area contributed by atoms with Crippen molar-refractivity contribution in [2.24, 2.45) is 0 Å². The third-order valence-electron chi connectivity index (χ3n) is 3.24. The normalized spacial score (nSPS) is 10.0. The van der Waals surface area contributed by atoms with Gasteiger partial charge in [-0.05, 0) is 23.3 Å². The monoisotopic (exact) mass is 297 g/mol. The van der Waals surface area contributed by atoms with Crippen LogP contribution in [0.4, 0.5) is 0 Å². The van der Waals surface area contributed by atoms with Gasteiger partial charge in [0.2, 0.25) is 11.8 Å². The number of amides is 2. The number of rotatable bonds is 6. The van der Waals surface area contributed by atoms with Crippen molar-refractivity contribution >= 4 is 11.8 Å². The molecule has 0 atom stereocenters. The smallest absolute Gasteiger partial charge is 0.239 e. The van der Waals surface area contributed by atoms with Crippen molar-refractivity contribution in [3.8, 4) is 0 Å². The summed E-state index contributed by atoms with van der Waals surface area (Å²) < 4.78 is 0. The zero-order valence-corrected chi connectivity index (χ0v) is 12.5. The second-order valence-corrected chi connectivity index (χ2v) is 4.99. The zero-order valence-electron chi connectivity index (χ0n) is 12.5. The minimum Gasteiger partial charge on any atom is -0.350 e. The molecule has 0 aliphatic rings. The van der Waals surface area contributed by atoms with Gasteiger partial charge < -0.3 is 10.2 Å². The maximum absolute atomic E-state index is 12.0. The molecule has 0 saturated heterocycles. The van der Waals surface area contributed by atoms with E-state index < -0.39 is 0 Å². The molecule has 2 rings (SSSR count). The van der Waals surface area contributed by atoms with Crippen molar-refractivity contribution in [2.75, 3.05) is 6.54 Å². The Hall–Kier alpha value is -2.69. The Morgan fingerprint density at radius 2 is 1.73 bits per heavy atom. The molecule has 22 heavy (non-hydrogen) atoms. The van der Waals surface area contributed by atoms with E-state index in [-0.39, 0.29) is 18.4 Å². The summed E-state index contributed by atoms with van der Waals surface area (Å²) in [6.45, 7) is 2.38. The first-order chi connectivity index (χ1) is 10.6. The maximum Gasteiger partial charge on any atom is 0.239 e. The molecule has 0 bridgehead atoms. The number of nitrogens with one attached hydrogen (secondary N) is 1. The topological polar surface area (TPSA) is 62.3 Å². The molecule has 0 unspecified atom stereocenters. The summed E-state index contributed by atoms with van der Waals surface area (Å²) >= 11 is 0. The summed E-state index contributed by atoms with van der Waals surface area (Å²) in [5, 5.41) is 2.81. The molecule has 0 aliphatic heterocycles. The molecule has 1 heterocycles. The van der Waals surface area contributed by atoms with Crippen LogP contribution in [0.1, 0.15) is 18.1 Å². The fraction of sp³-hybridized carbons (Fsp3) is 0.235. The highest BCUT2D eigenvalue weighted by Crippen LogP contribution is 2.04. The lowest BCUT2D eigenvalue weighted by atomic mass is 10.2. The molecule has 114 valence electrons. The average molecular weight is 297 g/mol. The molecule has 2 amide bonds.